The van der Waals surface area contributed by atoms with Crippen LogP contribution in [0, 0.1) is 0 Å². The molecule has 7 heteroatoms. The van der Waals surface area contributed by atoms with Crippen molar-refractivity contribution in [2.75, 3.05) is 34.3 Å². The molecule has 1 aliphatic heterocycles. The summed E-state index contributed by atoms with van der Waals surface area (Å²) in [5.41, 5.74) is 0. The van der Waals surface area contributed by atoms with Gasteiger partial charge in [-0.2, -0.15) is 0 Å². The fraction of sp³-hybridized carbons (Fsp3) is 0.600. The van der Waals surface area contributed by atoms with Gasteiger partial charge in [0, 0.05) is 32.4 Å². The van der Waals surface area contributed by atoms with Gasteiger partial charge in [0.05, 0.1) is 18.8 Å². The summed E-state index contributed by atoms with van der Waals surface area (Å²) in [6.07, 6.45) is 3.67. The number of ether oxygens (including phenoxy) is 1. The fourth-order valence-electron chi connectivity index (χ4n) is 3.09. The van der Waals surface area contributed by atoms with Crippen molar-refractivity contribution in [1.29, 1.82) is 0 Å². The summed E-state index contributed by atoms with van der Waals surface area (Å²) in [6.45, 7) is 3.24. The van der Waals surface area contributed by atoms with Crippen molar-refractivity contribution in [3.8, 4) is 0 Å². The third-order valence-corrected chi connectivity index (χ3v) is 4.16. The molecule has 22 heavy (non-hydrogen) atoms. The summed E-state index contributed by atoms with van der Waals surface area (Å²) in [6, 6.07) is 4.73. The maximum Gasteiger partial charge on any atom is 0.129 e. The minimum Gasteiger partial charge on any atom is -0.462 e. The van der Waals surface area contributed by atoms with Gasteiger partial charge in [-0.3, -0.25) is 4.90 Å². The second-order valence-corrected chi connectivity index (χ2v) is 5.98. The smallest absolute Gasteiger partial charge is 0.129 e. The van der Waals surface area contributed by atoms with Crippen LogP contribution in [0.4, 0.5) is 0 Å². The number of methoxy groups -OCH3 is 1. The second kappa shape index (κ2) is 6.60. The van der Waals surface area contributed by atoms with Gasteiger partial charge in [-0.25, -0.2) is 4.68 Å². The lowest BCUT2D eigenvalue weighted by Crippen LogP contribution is -2.36. The SMILES string of the molecule is COCc1ccc(CN2C[C@@H](N(C)C)[C@@H](n3ccnn3)C2)o1. The van der Waals surface area contributed by atoms with E-state index in [1.807, 2.05) is 23.0 Å². The van der Waals surface area contributed by atoms with E-state index < -0.39 is 0 Å². The maximum atomic E-state index is 5.79. The van der Waals surface area contributed by atoms with Crippen LogP contribution in [0.5, 0.6) is 0 Å². The fourth-order valence-corrected chi connectivity index (χ4v) is 3.09. The van der Waals surface area contributed by atoms with Gasteiger partial charge in [0.2, 0.25) is 0 Å². The molecule has 1 aliphatic rings. The van der Waals surface area contributed by atoms with Gasteiger partial charge in [0.25, 0.3) is 0 Å². The molecule has 2 aromatic heterocycles. The Hall–Kier alpha value is -1.70. The summed E-state index contributed by atoms with van der Waals surface area (Å²) in [5.74, 6) is 1.84. The molecule has 1 fully saturated rings. The molecule has 0 amide bonds. The maximum absolute atomic E-state index is 5.79. The van der Waals surface area contributed by atoms with Crippen molar-refractivity contribution in [2.45, 2.75) is 25.2 Å². The largest absolute Gasteiger partial charge is 0.462 e. The highest BCUT2D eigenvalue weighted by atomic mass is 16.5. The molecule has 0 saturated carbocycles. The summed E-state index contributed by atoms with van der Waals surface area (Å²) in [7, 11) is 5.90. The zero-order chi connectivity index (χ0) is 15.5. The predicted molar refractivity (Wildman–Crippen MR) is 81.2 cm³/mol. The van der Waals surface area contributed by atoms with Gasteiger partial charge in [-0.15, -0.1) is 5.10 Å². The van der Waals surface area contributed by atoms with Gasteiger partial charge in [0.1, 0.15) is 18.1 Å². The number of nitrogens with zero attached hydrogens (tertiary/aromatic N) is 5. The number of likely N-dealkylation sites (tertiary alicyclic amines) is 1. The number of hydrogen-bond acceptors (Lipinski definition) is 6. The Labute approximate surface area is 130 Å². The Kier molecular flexibility index (Phi) is 4.56. The standard InChI is InChI=1S/C15H23N5O2/c1-18(2)14-9-19(10-15(14)20-7-6-16-17-20)8-12-4-5-13(22-12)11-21-3/h4-7,14-15H,8-11H2,1-3H3/t14-,15+/m1/s1. The Morgan fingerprint density at radius 2 is 2.14 bits per heavy atom. The summed E-state index contributed by atoms with van der Waals surface area (Å²) >= 11 is 0. The van der Waals surface area contributed by atoms with Crippen LogP contribution >= 0.6 is 0 Å². The minimum atomic E-state index is 0.311. The van der Waals surface area contributed by atoms with Crippen LogP contribution in [0.2, 0.25) is 0 Å². The van der Waals surface area contributed by atoms with Crippen molar-refractivity contribution in [3.05, 3.63) is 36.0 Å². The van der Waals surface area contributed by atoms with Crippen molar-refractivity contribution >= 4 is 0 Å². The highest BCUT2D eigenvalue weighted by Gasteiger charge is 2.36. The first-order valence-corrected chi connectivity index (χ1v) is 7.48. The minimum absolute atomic E-state index is 0.311. The summed E-state index contributed by atoms with van der Waals surface area (Å²) in [5, 5.41) is 8.11. The first kappa shape index (κ1) is 15.2. The van der Waals surface area contributed by atoms with E-state index in [1.54, 1.807) is 13.3 Å². The Bertz CT molecular complexity index is 581. The van der Waals surface area contributed by atoms with Crippen LogP contribution in [0.25, 0.3) is 0 Å². The van der Waals surface area contributed by atoms with E-state index in [-0.39, 0.29) is 0 Å². The second-order valence-electron chi connectivity index (χ2n) is 5.98. The van der Waals surface area contributed by atoms with E-state index in [0.717, 1.165) is 31.2 Å². The van der Waals surface area contributed by atoms with Gasteiger partial charge in [0.15, 0.2) is 0 Å². The van der Waals surface area contributed by atoms with Crippen LogP contribution in [0.3, 0.4) is 0 Å². The molecule has 0 spiro atoms. The van der Waals surface area contributed by atoms with E-state index >= 15 is 0 Å². The van der Waals surface area contributed by atoms with Crippen LogP contribution in [0.15, 0.2) is 28.9 Å². The van der Waals surface area contributed by atoms with Crippen LogP contribution in [-0.2, 0) is 17.9 Å². The first-order valence-electron chi connectivity index (χ1n) is 7.48. The average Bonchev–Trinajstić information content (AvgIpc) is 3.19. The van der Waals surface area contributed by atoms with Crippen LogP contribution in [0.1, 0.15) is 17.6 Å². The molecule has 0 aromatic carbocycles. The predicted octanol–water partition coefficient (Wildman–Crippen LogP) is 1.00. The summed E-state index contributed by atoms with van der Waals surface area (Å²) < 4.78 is 12.8. The lowest BCUT2D eigenvalue weighted by atomic mass is 10.1. The van der Waals surface area contributed by atoms with E-state index in [4.69, 9.17) is 9.15 Å². The Balaban J connectivity index is 1.67. The number of rotatable bonds is 6. The van der Waals surface area contributed by atoms with E-state index in [1.165, 1.54) is 0 Å². The lowest BCUT2D eigenvalue weighted by Gasteiger charge is -2.24. The molecular formula is C15H23N5O2. The Morgan fingerprint density at radius 3 is 2.82 bits per heavy atom. The van der Waals surface area contributed by atoms with Gasteiger partial charge >= 0.3 is 0 Å². The molecule has 3 heterocycles. The van der Waals surface area contributed by atoms with E-state index in [9.17, 15) is 0 Å². The molecule has 1 saturated heterocycles. The van der Waals surface area contributed by atoms with Gasteiger partial charge in [-0.1, -0.05) is 5.21 Å². The van der Waals surface area contributed by atoms with Gasteiger partial charge < -0.3 is 14.1 Å². The molecule has 2 atom stereocenters. The lowest BCUT2D eigenvalue weighted by molar-refractivity contribution is 0.160. The number of hydrogen-bond donors (Lipinski definition) is 0. The van der Waals surface area contributed by atoms with Crippen LogP contribution in [-0.4, -0.2) is 65.1 Å². The van der Waals surface area contributed by atoms with Crippen molar-refractivity contribution in [1.82, 2.24) is 24.8 Å². The molecule has 0 aliphatic carbocycles. The van der Waals surface area contributed by atoms with Gasteiger partial charge in [-0.05, 0) is 26.2 Å². The molecule has 120 valence electrons. The number of aromatic nitrogens is 3. The highest BCUT2D eigenvalue weighted by Crippen LogP contribution is 2.26. The quantitative estimate of drug-likeness (QED) is 0.794. The van der Waals surface area contributed by atoms with E-state index in [2.05, 4.69) is 34.2 Å². The van der Waals surface area contributed by atoms with Crippen LogP contribution < -0.4 is 0 Å². The Morgan fingerprint density at radius 1 is 1.32 bits per heavy atom. The number of furan rings is 1. The van der Waals surface area contributed by atoms with Crippen molar-refractivity contribution in [3.63, 3.8) is 0 Å². The van der Waals surface area contributed by atoms with Crippen molar-refractivity contribution in [2.24, 2.45) is 0 Å². The molecule has 2 aromatic rings. The number of likely N-dealkylation sites (N-methyl/N-ethyl adjacent to an activating group) is 1. The molecule has 7 nitrogen and oxygen atoms in total. The topological polar surface area (TPSA) is 59.6 Å². The normalized spacial score (nSPS) is 22.7. The van der Waals surface area contributed by atoms with E-state index in [0.29, 0.717) is 18.7 Å². The summed E-state index contributed by atoms with van der Waals surface area (Å²) in [4.78, 5) is 4.65. The molecule has 0 N–H and O–H groups in total. The van der Waals surface area contributed by atoms with Crippen molar-refractivity contribution < 1.29 is 9.15 Å². The molecular weight excluding hydrogens is 282 g/mol. The third kappa shape index (κ3) is 3.21. The average molecular weight is 305 g/mol. The monoisotopic (exact) mass is 305 g/mol. The zero-order valence-electron chi connectivity index (χ0n) is 13.3. The zero-order valence-corrected chi connectivity index (χ0v) is 13.3. The molecule has 0 bridgehead atoms. The molecule has 0 radical (unpaired) electrons. The first-order chi connectivity index (χ1) is 10.7. The molecule has 0 unspecified atom stereocenters. The third-order valence-electron chi connectivity index (χ3n) is 4.16. The molecule has 3 rings (SSSR count). The highest BCUT2D eigenvalue weighted by molar-refractivity contribution is 5.07.